The summed E-state index contributed by atoms with van der Waals surface area (Å²) in [6.45, 7) is 1.96. The number of hydrogen-bond acceptors (Lipinski definition) is 6. The molecule has 0 radical (unpaired) electrons. The largest absolute Gasteiger partial charge is 0.481 e. The Kier molecular flexibility index (Phi) is 6.85. The van der Waals surface area contributed by atoms with E-state index in [1.165, 1.54) is 6.07 Å². The van der Waals surface area contributed by atoms with Crippen molar-refractivity contribution in [2.45, 2.75) is 19.4 Å². The van der Waals surface area contributed by atoms with E-state index in [9.17, 15) is 23.2 Å². The predicted molar refractivity (Wildman–Crippen MR) is 104 cm³/mol. The molecule has 9 nitrogen and oxygen atoms in total. The summed E-state index contributed by atoms with van der Waals surface area (Å²) in [4.78, 5) is 36.1. The van der Waals surface area contributed by atoms with Crippen LogP contribution in [-0.4, -0.2) is 47.2 Å². The van der Waals surface area contributed by atoms with Gasteiger partial charge in [0.2, 0.25) is 0 Å². The summed E-state index contributed by atoms with van der Waals surface area (Å²) < 4.78 is 36.8. The third kappa shape index (κ3) is 5.37. The SMILES string of the molecule is CCOC(=O)C1CC=C(CNC(=O)c2cc(NC(=O)c3cc(F)c(F)cc3Cl)n[nH]2)O1. The summed E-state index contributed by atoms with van der Waals surface area (Å²) in [5.41, 5.74) is -0.275. The number of benzene rings is 1. The molecule has 1 atom stereocenters. The zero-order valence-electron chi connectivity index (χ0n) is 16.1. The van der Waals surface area contributed by atoms with Crippen molar-refractivity contribution in [2.24, 2.45) is 0 Å². The van der Waals surface area contributed by atoms with Crippen molar-refractivity contribution < 1.29 is 32.6 Å². The summed E-state index contributed by atoms with van der Waals surface area (Å²) in [6, 6.07) is 2.58. The van der Waals surface area contributed by atoms with E-state index >= 15 is 0 Å². The highest BCUT2D eigenvalue weighted by Gasteiger charge is 2.27. The monoisotopic (exact) mass is 454 g/mol. The second-order valence-electron chi connectivity index (χ2n) is 6.31. The molecule has 1 aromatic heterocycles. The molecule has 3 N–H and O–H groups in total. The topological polar surface area (TPSA) is 122 Å². The van der Waals surface area contributed by atoms with Crippen LogP contribution < -0.4 is 10.6 Å². The molecule has 1 aliphatic heterocycles. The minimum atomic E-state index is -1.23. The summed E-state index contributed by atoms with van der Waals surface area (Å²) in [5, 5.41) is 10.8. The Hall–Kier alpha value is -3.47. The highest BCUT2D eigenvalue weighted by Crippen LogP contribution is 2.21. The third-order valence-corrected chi connectivity index (χ3v) is 4.46. The molecule has 1 aliphatic rings. The van der Waals surface area contributed by atoms with Gasteiger partial charge in [0.05, 0.1) is 23.7 Å². The summed E-state index contributed by atoms with van der Waals surface area (Å²) in [6.07, 6.45) is 1.28. The van der Waals surface area contributed by atoms with Gasteiger partial charge in [-0.3, -0.25) is 14.7 Å². The predicted octanol–water partition coefficient (Wildman–Crippen LogP) is 2.56. The molecule has 0 saturated carbocycles. The fraction of sp³-hybridized carbons (Fsp3) is 0.263. The molecule has 0 saturated heterocycles. The molecule has 0 aliphatic carbocycles. The van der Waals surface area contributed by atoms with Gasteiger partial charge in [-0.2, -0.15) is 5.10 Å². The highest BCUT2D eigenvalue weighted by molar-refractivity contribution is 6.34. The number of anilines is 1. The molecule has 164 valence electrons. The minimum absolute atomic E-state index is 0.0206. The van der Waals surface area contributed by atoms with Crippen LogP contribution in [-0.2, 0) is 14.3 Å². The normalized spacial score (nSPS) is 15.1. The van der Waals surface area contributed by atoms with Gasteiger partial charge < -0.3 is 20.1 Å². The molecule has 12 heteroatoms. The van der Waals surface area contributed by atoms with Gasteiger partial charge in [-0.15, -0.1) is 0 Å². The van der Waals surface area contributed by atoms with Gasteiger partial charge in [-0.1, -0.05) is 11.6 Å². The Morgan fingerprint density at radius 2 is 2.00 bits per heavy atom. The van der Waals surface area contributed by atoms with E-state index < -0.39 is 35.5 Å². The molecule has 0 fully saturated rings. The van der Waals surface area contributed by atoms with E-state index in [4.69, 9.17) is 21.1 Å². The van der Waals surface area contributed by atoms with Gasteiger partial charge in [0.1, 0.15) is 11.5 Å². The maximum atomic E-state index is 13.4. The number of carbonyl (C=O) groups is 3. The molecule has 0 bridgehead atoms. The average Bonchev–Trinajstić information content (AvgIpc) is 3.39. The van der Waals surface area contributed by atoms with E-state index in [2.05, 4.69) is 20.8 Å². The lowest BCUT2D eigenvalue weighted by Gasteiger charge is -2.12. The molecule has 0 spiro atoms. The van der Waals surface area contributed by atoms with Crippen LogP contribution in [0.3, 0.4) is 0 Å². The van der Waals surface area contributed by atoms with Gasteiger partial charge in [0, 0.05) is 12.5 Å². The van der Waals surface area contributed by atoms with Crippen LogP contribution in [0.1, 0.15) is 34.2 Å². The first-order valence-electron chi connectivity index (χ1n) is 9.10. The highest BCUT2D eigenvalue weighted by atomic mass is 35.5. The molecule has 3 rings (SSSR count). The number of nitrogens with one attached hydrogen (secondary N) is 3. The van der Waals surface area contributed by atoms with Gasteiger partial charge in [0.15, 0.2) is 23.6 Å². The van der Waals surface area contributed by atoms with Crippen molar-refractivity contribution in [1.82, 2.24) is 15.5 Å². The minimum Gasteiger partial charge on any atom is -0.481 e. The molecular weight excluding hydrogens is 438 g/mol. The number of aromatic amines is 1. The number of esters is 1. The quantitative estimate of drug-likeness (QED) is 0.436. The average molecular weight is 455 g/mol. The fourth-order valence-corrected chi connectivity index (χ4v) is 2.89. The van der Waals surface area contributed by atoms with Crippen LogP contribution in [0.2, 0.25) is 5.02 Å². The summed E-state index contributed by atoms with van der Waals surface area (Å²) in [7, 11) is 0. The first-order valence-corrected chi connectivity index (χ1v) is 9.48. The number of H-pyrrole nitrogens is 1. The number of hydrogen-bond donors (Lipinski definition) is 3. The Morgan fingerprint density at radius 3 is 2.74 bits per heavy atom. The second-order valence-corrected chi connectivity index (χ2v) is 6.72. The van der Waals surface area contributed by atoms with Crippen LogP contribution in [0.4, 0.5) is 14.6 Å². The number of rotatable bonds is 7. The van der Waals surface area contributed by atoms with E-state index in [0.717, 1.165) is 0 Å². The van der Waals surface area contributed by atoms with Crippen LogP contribution in [0.15, 0.2) is 30.0 Å². The van der Waals surface area contributed by atoms with Crippen molar-refractivity contribution in [3.05, 3.63) is 57.9 Å². The van der Waals surface area contributed by atoms with E-state index in [1.807, 2.05) is 0 Å². The lowest BCUT2D eigenvalue weighted by atomic mass is 10.2. The van der Waals surface area contributed by atoms with Crippen molar-refractivity contribution in [3.63, 3.8) is 0 Å². The second kappa shape index (κ2) is 9.56. The molecule has 2 aromatic rings. The van der Waals surface area contributed by atoms with Gasteiger partial charge in [-0.25, -0.2) is 13.6 Å². The molecule has 1 unspecified atom stereocenters. The number of aromatic nitrogens is 2. The zero-order valence-corrected chi connectivity index (χ0v) is 16.9. The molecule has 31 heavy (non-hydrogen) atoms. The third-order valence-electron chi connectivity index (χ3n) is 4.14. The Balaban J connectivity index is 1.54. The first kappa shape index (κ1) is 22.2. The Morgan fingerprint density at radius 1 is 1.26 bits per heavy atom. The number of ether oxygens (including phenoxy) is 2. The van der Waals surface area contributed by atoms with Crippen LogP contribution in [0, 0.1) is 11.6 Å². The molecule has 1 aromatic carbocycles. The fourth-order valence-electron chi connectivity index (χ4n) is 2.66. The maximum absolute atomic E-state index is 13.4. The summed E-state index contributed by atoms with van der Waals surface area (Å²) >= 11 is 5.76. The molecule has 2 heterocycles. The number of carbonyl (C=O) groups excluding carboxylic acids is 3. The summed E-state index contributed by atoms with van der Waals surface area (Å²) in [5.74, 6) is -3.91. The van der Waals surface area contributed by atoms with E-state index in [1.54, 1.807) is 13.0 Å². The standard InChI is InChI=1S/C19H17ClF2N4O5/c1-2-30-19(29)15-4-3-9(31-15)8-23-18(28)14-7-16(26-25-14)24-17(27)10-5-12(21)13(22)6-11(10)20/h3,5-7,15H,2,4,8H2,1H3,(H,23,28)(H2,24,25,26,27). The van der Waals surface area contributed by atoms with E-state index in [-0.39, 0.29) is 35.2 Å². The van der Waals surface area contributed by atoms with Crippen molar-refractivity contribution in [3.8, 4) is 0 Å². The Labute approximate surface area is 179 Å². The van der Waals surface area contributed by atoms with E-state index in [0.29, 0.717) is 24.3 Å². The molecule has 2 amide bonds. The number of amides is 2. The lowest BCUT2D eigenvalue weighted by Crippen LogP contribution is -2.28. The zero-order chi connectivity index (χ0) is 22.5. The van der Waals surface area contributed by atoms with Gasteiger partial charge in [0.25, 0.3) is 11.8 Å². The Bertz CT molecular complexity index is 1060. The van der Waals surface area contributed by atoms with Gasteiger partial charge >= 0.3 is 5.97 Å². The maximum Gasteiger partial charge on any atom is 0.347 e. The van der Waals surface area contributed by atoms with Crippen LogP contribution >= 0.6 is 11.6 Å². The van der Waals surface area contributed by atoms with Crippen molar-refractivity contribution in [2.75, 3.05) is 18.5 Å². The number of halogens is 3. The van der Waals surface area contributed by atoms with Crippen LogP contribution in [0.5, 0.6) is 0 Å². The van der Waals surface area contributed by atoms with Crippen LogP contribution in [0.25, 0.3) is 0 Å². The van der Waals surface area contributed by atoms with Gasteiger partial charge in [-0.05, 0) is 25.1 Å². The number of nitrogens with zero attached hydrogens (tertiary/aromatic N) is 1. The lowest BCUT2D eigenvalue weighted by molar-refractivity contribution is -0.152. The molecular formula is C19H17ClF2N4O5. The smallest absolute Gasteiger partial charge is 0.347 e. The first-order chi connectivity index (χ1) is 14.8. The van der Waals surface area contributed by atoms with Crippen molar-refractivity contribution in [1.29, 1.82) is 0 Å². The van der Waals surface area contributed by atoms with Crippen molar-refractivity contribution >= 4 is 35.2 Å².